The molecule has 0 saturated carbocycles. The predicted molar refractivity (Wildman–Crippen MR) is 107 cm³/mol. The van der Waals surface area contributed by atoms with E-state index in [1.54, 1.807) is 0 Å². The van der Waals surface area contributed by atoms with Crippen molar-refractivity contribution in [1.29, 1.82) is 0 Å². The lowest BCUT2D eigenvalue weighted by molar-refractivity contribution is -0.142. The number of carbonyl (C=O) groups is 2. The summed E-state index contributed by atoms with van der Waals surface area (Å²) in [6.07, 6.45) is 1.51. The Bertz CT molecular complexity index is 865. The lowest BCUT2D eigenvalue weighted by atomic mass is 10.1. The molecule has 0 atom stereocenters. The molecule has 0 aliphatic rings. The summed E-state index contributed by atoms with van der Waals surface area (Å²) < 4.78 is 9.11. The standard InChI is InChI=1S/C19H19ClN2O5S/c1-25-17(23)12-15(19(24)26-2)27-22-18(16-8-5-11-28-16)21-10-9-13-6-3-4-7-14(13)20/h3-8,11-12H,9-10H2,1-2H3,(H,21,22). The van der Waals surface area contributed by atoms with Crippen molar-refractivity contribution in [3.8, 4) is 0 Å². The number of carbonyl (C=O) groups excluding carboxylic acids is 2. The molecule has 0 spiro atoms. The van der Waals surface area contributed by atoms with Crippen LogP contribution in [0.4, 0.5) is 0 Å². The molecule has 0 bridgehead atoms. The third-order valence-electron chi connectivity index (χ3n) is 3.46. The number of methoxy groups -OCH3 is 2. The van der Waals surface area contributed by atoms with E-state index in [-0.39, 0.29) is 5.76 Å². The maximum absolute atomic E-state index is 11.8. The molecule has 0 unspecified atom stereocenters. The van der Waals surface area contributed by atoms with Crippen LogP contribution >= 0.6 is 22.9 Å². The maximum Gasteiger partial charge on any atom is 0.376 e. The number of hydroxylamine groups is 1. The van der Waals surface area contributed by atoms with Crippen LogP contribution in [0.25, 0.3) is 0 Å². The van der Waals surface area contributed by atoms with Crippen LogP contribution in [0.1, 0.15) is 10.4 Å². The highest BCUT2D eigenvalue weighted by Crippen LogP contribution is 2.16. The number of amidine groups is 1. The fourth-order valence-electron chi connectivity index (χ4n) is 2.06. The van der Waals surface area contributed by atoms with E-state index in [1.807, 2.05) is 41.8 Å². The van der Waals surface area contributed by atoms with Gasteiger partial charge in [0.05, 0.1) is 25.2 Å². The van der Waals surface area contributed by atoms with E-state index in [1.165, 1.54) is 25.6 Å². The van der Waals surface area contributed by atoms with E-state index in [0.29, 0.717) is 23.8 Å². The highest BCUT2D eigenvalue weighted by Gasteiger charge is 2.16. The van der Waals surface area contributed by atoms with Crippen molar-refractivity contribution in [3.63, 3.8) is 0 Å². The van der Waals surface area contributed by atoms with Crippen molar-refractivity contribution >= 4 is 40.7 Å². The first-order valence-electron chi connectivity index (χ1n) is 8.17. The highest BCUT2D eigenvalue weighted by molar-refractivity contribution is 7.12. The lowest BCUT2D eigenvalue weighted by Crippen LogP contribution is -2.27. The molecule has 7 nitrogen and oxygen atoms in total. The average Bonchev–Trinajstić information content (AvgIpc) is 3.24. The Kier molecular flexibility index (Phi) is 8.51. The van der Waals surface area contributed by atoms with Gasteiger partial charge >= 0.3 is 11.9 Å². The first-order chi connectivity index (χ1) is 13.5. The van der Waals surface area contributed by atoms with Crippen molar-refractivity contribution < 1.29 is 23.9 Å². The molecule has 1 N–H and O–H groups in total. The number of hydrogen-bond acceptors (Lipinski definition) is 7. The molecule has 148 valence electrons. The van der Waals surface area contributed by atoms with E-state index in [9.17, 15) is 9.59 Å². The zero-order chi connectivity index (χ0) is 20.4. The van der Waals surface area contributed by atoms with E-state index in [2.05, 4.69) is 19.9 Å². The van der Waals surface area contributed by atoms with E-state index in [4.69, 9.17) is 16.4 Å². The molecular weight excluding hydrogens is 404 g/mol. The van der Waals surface area contributed by atoms with Gasteiger partial charge < -0.3 is 14.3 Å². The second-order valence-corrected chi connectivity index (χ2v) is 6.63. The zero-order valence-corrected chi connectivity index (χ0v) is 16.9. The Hall–Kier alpha value is -2.84. The van der Waals surface area contributed by atoms with Gasteiger partial charge in [0.1, 0.15) is 0 Å². The van der Waals surface area contributed by atoms with Crippen molar-refractivity contribution in [2.24, 2.45) is 4.99 Å². The summed E-state index contributed by atoms with van der Waals surface area (Å²) in [6, 6.07) is 11.2. The van der Waals surface area contributed by atoms with Crippen LogP contribution in [0, 0.1) is 0 Å². The van der Waals surface area contributed by atoms with Gasteiger partial charge in [-0.3, -0.25) is 4.99 Å². The first kappa shape index (κ1) is 21.5. The lowest BCUT2D eigenvalue weighted by Gasteiger charge is -2.11. The molecule has 1 aromatic heterocycles. The molecule has 28 heavy (non-hydrogen) atoms. The van der Waals surface area contributed by atoms with Gasteiger partial charge in [0.15, 0.2) is 5.84 Å². The van der Waals surface area contributed by atoms with Crippen molar-refractivity contribution in [3.05, 3.63) is 69.1 Å². The van der Waals surface area contributed by atoms with Crippen LogP contribution in [-0.4, -0.2) is 38.5 Å². The SMILES string of the molecule is COC(=O)C=C(ONC(=NCCc1ccccc1Cl)c1cccs1)C(=O)OC. The number of nitrogens with zero attached hydrogens (tertiary/aromatic N) is 1. The van der Waals surface area contributed by atoms with Gasteiger partial charge in [0.2, 0.25) is 5.76 Å². The number of aliphatic imine (C=N–C) groups is 1. The van der Waals surface area contributed by atoms with Crippen LogP contribution in [0.5, 0.6) is 0 Å². The Balaban J connectivity index is 2.12. The van der Waals surface area contributed by atoms with Crippen molar-refractivity contribution in [1.82, 2.24) is 5.48 Å². The summed E-state index contributed by atoms with van der Waals surface area (Å²) in [4.78, 5) is 33.8. The Morgan fingerprint density at radius 2 is 1.96 bits per heavy atom. The molecule has 0 saturated heterocycles. The Morgan fingerprint density at radius 3 is 2.61 bits per heavy atom. The number of halogens is 1. The van der Waals surface area contributed by atoms with Crippen molar-refractivity contribution in [2.75, 3.05) is 20.8 Å². The van der Waals surface area contributed by atoms with Crippen LogP contribution in [-0.2, 0) is 30.3 Å². The number of benzene rings is 1. The molecule has 0 radical (unpaired) electrons. The topological polar surface area (TPSA) is 86.2 Å². The summed E-state index contributed by atoms with van der Waals surface area (Å²) in [7, 11) is 2.36. The predicted octanol–water partition coefficient (Wildman–Crippen LogP) is 3.14. The van der Waals surface area contributed by atoms with Gasteiger partial charge in [-0.25, -0.2) is 15.1 Å². The van der Waals surface area contributed by atoms with Crippen LogP contribution < -0.4 is 5.48 Å². The summed E-state index contributed by atoms with van der Waals surface area (Å²) in [5, 5.41) is 2.56. The monoisotopic (exact) mass is 422 g/mol. The summed E-state index contributed by atoms with van der Waals surface area (Å²) in [5.74, 6) is -1.54. The number of ether oxygens (including phenoxy) is 2. The number of hydrogen-bond donors (Lipinski definition) is 1. The van der Waals surface area contributed by atoms with Crippen LogP contribution in [0.2, 0.25) is 5.02 Å². The van der Waals surface area contributed by atoms with E-state index < -0.39 is 11.9 Å². The number of nitrogens with one attached hydrogen (secondary N) is 1. The number of thiophene rings is 1. The van der Waals surface area contributed by atoms with Crippen LogP contribution in [0.3, 0.4) is 0 Å². The Morgan fingerprint density at radius 1 is 1.18 bits per heavy atom. The molecule has 9 heteroatoms. The van der Waals surface area contributed by atoms with Crippen LogP contribution in [0.15, 0.2) is 58.6 Å². The molecule has 2 aromatic rings. The molecule has 1 heterocycles. The molecule has 0 fully saturated rings. The van der Waals surface area contributed by atoms with Gasteiger partial charge in [0, 0.05) is 11.6 Å². The van der Waals surface area contributed by atoms with Gasteiger partial charge in [-0.05, 0) is 29.5 Å². The minimum Gasteiger partial charge on any atom is -0.466 e. The molecule has 2 rings (SSSR count). The maximum atomic E-state index is 11.8. The molecule has 0 aliphatic heterocycles. The average molecular weight is 423 g/mol. The van der Waals surface area contributed by atoms with E-state index in [0.717, 1.165) is 16.5 Å². The largest absolute Gasteiger partial charge is 0.466 e. The second-order valence-electron chi connectivity index (χ2n) is 5.28. The third kappa shape index (κ3) is 6.40. The quantitative estimate of drug-likeness (QED) is 0.176. The minimum atomic E-state index is -0.834. The minimum absolute atomic E-state index is 0.357. The second kappa shape index (κ2) is 11.1. The normalized spacial score (nSPS) is 11.7. The summed E-state index contributed by atoms with van der Waals surface area (Å²) in [5.41, 5.74) is 3.59. The number of rotatable bonds is 8. The molecule has 1 aromatic carbocycles. The smallest absolute Gasteiger partial charge is 0.376 e. The number of esters is 2. The summed E-state index contributed by atoms with van der Waals surface area (Å²) >= 11 is 7.60. The third-order valence-corrected chi connectivity index (χ3v) is 4.70. The molecular formula is C19H19ClN2O5S. The van der Waals surface area contributed by atoms with E-state index >= 15 is 0 Å². The molecule has 0 aliphatic carbocycles. The fraction of sp³-hybridized carbons (Fsp3) is 0.211. The van der Waals surface area contributed by atoms with Gasteiger partial charge in [-0.1, -0.05) is 35.9 Å². The Labute approximate surface area is 171 Å². The fourth-order valence-corrected chi connectivity index (χ4v) is 2.97. The zero-order valence-electron chi connectivity index (χ0n) is 15.3. The molecule has 0 amide bonds. The first-order valence-corrected chi connectivity index (χ1v) is 9.43. The van der Waals surface area contributed by atoms with Crippen molar-refractivity contribution in [2.45, 2.75) is 6.42 Å². The summed E-state index contributed by atoms with van der Waals surface area (Å²) in [6.45, 7) is 0.432. The van der Waals surface area contributed by atoms with Gasteiger partial charge in [0.25, 0.3) is 0 Å². The van der Waals surface area contributed by atoms with Gasteiger partial charge in [-0.2, -0.15) is 0 Å². The highest BCUT2D eigenvalue weighted by atomic mass is 35.5. The van der Waals surface area contributed by atoms with Gasteiger partial charge in [-0.15, -0.1) is 11.3 Å².